The SMILES string of the molecule is O=C1c2c(O)c(=O)ccn2N([C@@H]2c3ccccc3SCc3c2ccc(F)c3F)CC12CCCCC2. The van der Waals surface area contributed by atoms with Crippen molar-refractivity contribution in [3.63, 3.8) is 0 Å². The minimum Gasteiger partial charge on any atom is -0.503 e. The minimum atomic E-state index is -0.895. The van der Waals surface area contributed by atoms with Crippen molar-refractivity contribution in [2.45, 2.75) is 48.8 Å². The number of thioether (sulfide) groups is 1. The van der Waals surface area contributed by atoms with Crippen LogP contribution in [-0.4, -0.2) is 22.1 Å². The Morgan fingerprint density at radius 3 is 2.54 bits per heavy atom. The van der Waals surface area contributed by atoms with Crippen LogP contribution in [0.5, 0.6) is 5.75 Å². The Morgan fingerprint density at radius 1 is 0.971 bits per heavy atom. The van der Waals surface area contributed by atoms with Crippen LogP contribution in [0.1, 0.15) is 65.3 Å². The van der Waals surface area contributed by atoms with Gasteiger partial charge in [0.1, 0.15) is 0 Å². The van der Waals surface area contributed by atoms with Crippen molar-refractivity contribution in [2.24, 2.45) is 5.41 Å². The van der Waals surface area contributed by atoms with E-state index in [1.807, 2.05) is 29.3 Å². The van der Waals surface area contributed by atoms with Crippen molar-refractivity contribution in [3.8, 4) is 5.75 Å². The molecule has 1 spiro atoms. The molecule has 5 nitrogen and oxygen atoms in total. The number of fused-ring (bicyclic) bond motifs is 3. The van der Waals surface area contributed by atoms with Gasteiger partial charge in [0.25, 0.3) is 0 Å². The van der Waals surface area contributed by atoms with Crippen molar-refractivity contribution in [1.29, 1.82) is 0 Å². The Kier molecular flexibility index (Phi) is 5.25. The van der Waals surface area contributed by atoms with Crippen LogP contribution in [0.2, 0.25) is 0 Å². The van der Waals surface area contributed by atoms with Crippen LogP contribution in [0.4, 0.5) is 8.78 Å². The van der Waals surface area contributed by atoms with Crippen LogP contribution in [0.3, 0.4) is 0 Å². The van der Waals surface area contributed by atoms with Crippen molar-refractivity contribution >= 4 is 17.5 Å². The molecule has 8 heteroatoms. The largest absolute Gasteiger partial charge is 0.503 e. The lowest BCUT2D eigenvalue weighted by Crippen LogP contribution is -2.56. The standard InChI is InChI=1S/C27H24F2N2O3S/c28-19-9-8-16-18(22(19)29)14-35-21-7-3-2-6-17(21)23(16)31-15-27(11-4-1-5-12-27)26(34)24-25(33)20(32)10-13-30(24)31/h2-3,6-10,13,23,33H,1,4-5,11-12,14-15H2/t23-/m0/s1. The fourth-order valence-corrected chi connectivity index (χ4v) is 7.08. The van der Waals surface area contributed by atoms with E-state index in [9.17, 15) is 19.1 Å². The molecule has 1 aromatic heterocycles. The second kappa shape index (κ2) is 8.22. The normalized spacial score (nSPS) is 20.7. The van der Waals surface area contributed by atoms with Crippen molar-refractivity contribution in [3.05, 3.63) is 92.9 Å². The van der Waals surface area contributed by atoms with Crippen LogP contribution < -0.4 is 10.4 Å². The molecule has 35 heavy (non-hydrogen) atoms. The number of rotatable bonds is 1. The first-order valence-electron chi connectivity index (χ1n) is 11.9. The van der Waals surface area contributed by atoms with Crippen LogP contribution in [0.15, 0.2) is 58.4 Å². The van der Waals surface area contributed by atoms with Gasteiger partial charge < -0.3 is 5.11 Å². The summed E-state index contributed by atoms with van der Waals surface area (Å²) in [5.74, 6) is -2.27. The average molecular weight is 495 g/mol. The van der Waals surface area contributed by atoms with Gasteiger partial charge in [-0.05, 0) is 36.1 Å². The van der Waals surface area contributed by atoms with Gasteiger partial charge in [-0.15, -0.1) is 11.8 Å². The molecule has 1 atom stereocenters. The van der Waals surface area contributed by atoms with Gasteiger partial charge in [-0.1, -0.05) is 43.5 Å². The number of halogens is 2. The Morgan fingerprint density at radius 2 is 1.74 bits per heavy atom. The van der Waals surface area contributed by atoms with Crippen LogP contribution in [0.25, 0.3) is 0 Å². The smallest absolute Gasteiger partial charge is 0.224 e. The average Bonchev–Trinajstić information content (AvgIpc) is 3.03. The molecule has 3 aromatic rings. The fraction of sp³-hybridized carbons (Fsp3) is 0.333. The number of hydrogen-bond acceptors (Lipinski definition) is 5. The molecule has 1 aliphatic carbocycles. The maximum absolute atomic E-state index is 15.1. The highest BCUT2D eigenvalue weighted by Gasteiger charge is 2.49. The van der Waals surface area contributed by atoms with Crippen molar-refractivity contribution in [1.82, 2.24) is 4.68 Å². The Balaban J connectivity index is 1.64. The lowest BCUT2D eigenvalue weighted by atomic mass is 9.68. The molecule has 1 saturated carbocycles. The number of carbonyl (C=O) groups excluding carboxylic acids is 1. The van der Waals surface area contributed by atoms with E-state index in [4.69, 9.17) is 0 Å². The maximum atomic E-state index is 15.1. The van der Waals surface area contributed by atoms with E-state index in [0.29, 0.717) is 24.9 Å². The Hall–Kier alpha value is -3.13. The molecular formula is C27H24F2N2O3S. The summed E-state index contributed by atoms with van der Waals surface area (Å²) in [5, 5.41) is 12.7. The zero-order chi connectivity index (χ0) is 24.3. The molecule has 0 bridgehead atoms. The van der Waals surface area contributed by atoms with Gasteiger partial charge in [0.15, 0.2) is 28.9 Å². The zero-order valence-corrected chi connectivity index (χ0v) is 19.8. The number of benzene rings is 2. The number of Topliss-reactive ketones (excluding diaryl/α,β-unsaturated/α-hetero) is 1. The highest BCUT2D eigenvalue weighted by atomic mass is 32.2. The minimum absolute atomic E-state index is 0.0239. The quantitative estimate of drug-likeness (QED) is 0.497. The monoisotopic (exact) mass is 494 g/mol. The van der Waals surface area contributed by atoms with Gasteiger partial charge in [-0.2, -0.15) is 0 Å². The molecule has 0 radical (unpaired) electrons. The Bertz CT molecular complexity index is 1410. The third-order valence-corrected chi connectivity index (χ3v) is 8.83. The highest BCUT2D eigenvalue weighted by Crippen LogP contribution is 2.48. The molecule has 1 N–H and O–H groups in total. The maximum Gasteiger partial charge on any atom is 0.224 e. The number of pyridine rings is 1. The van der Waals surface area contributed by atoms with Gasteiger partial charge in [0.2, 0.25) is 5.43 Å². The molecule has 3 heterocycles. The number of hydrogen-bond donors (Lipinski definition) is 1. The molecule has 0 amide bonds. The van der Waals surface area contributed by atoms with E-state index in [0.717, 1.165) is 35.8 Å². The fourth-order valence-electron chi connectivity index (χ4n) is 5.97. The van der Waals surface area contributed by atoms with Crippen LogP contribution >= 0.6 is 11.8 Å². The highest BCUT2D eigenvalue weighted by molar-refractivity contribution is 7.98. The molecule has 2 aromatic carbocycles. The molecule has 180 valence electrons. The number of nitrogens with zero attached hydrogens (tertiary/aromatic N) is 2. The van der Waals surface area contributed by atoms with Crippen LogP contribution in [0, 0.1) is 17.0 Å². The first kappa shape index (κ1) is 22.3. The second-order valence-corrected chi connectivity index (χ2v) is 10.7. The summed E-state index contributed by atoms with van der Waals surface area (Å²) in [5.41, 5.74) is 0.429. The molecule has 1 fully saturated rings. The number of aromatic nitrogens is 1. The molecule has 0 unspecified atom stereocenters. The van der Waals surface area contributed by atoms with E-state index in [1.165, 1.54) is 24.0 Å². The van der Waals surface area contributed by atoms with Gasteiger partial charge in [-0.25, -0.2) is 8.78 Å². The third kappa shape index (κ3) is 3.33. The summed E-state index contributed by atoms with van der Waals surface area (Å²) < 4.78 is 31.0. The topological polar surface area (TPSA) is 62.5 Å². The number of ketones is 1. The van der Waals surface area contributed by atoms with Gasteiger partial charge >= 0.3 is 0 Å². The second-order valence-electron chi connectivity index (χ2n) is 9.65. The van der Waals surface area contributed by atoms with E-state index in [-0.39, 0.29) is 22.8 Å². The summed E-state index contributed by atoms with van der Waals surface area (Å²) in [6.45, 7) is 0.350. The lowest BCUT2D eigenvalue weighted by molar-refractivity contribution is 0.0646. The van der Waals surface area contributed by atoms with E-state index < -0.39 is 34.3 Å². The van der Waals surface area contributed by atoms with E-state index in [2.05, 4.69) is 0 Å². The first-order chi connectivity index (χ1) is 16.9. The van der Waals surface area contributed by atoms with Gasteiger partial charge in [0.05, 0.1) is 11.5 Å². The summed E-state index contributed by atoms with van der Waals surface area (Å²) in [4.78, 5) is 27.1. The number of carbonyl (C=O) groups is 1. The summed E-state index contributed by atoms with van der Waals surface area (Å²) >= 11 is 1.45. The van der Waals surface area contributed by atoms with Crippen molar-refractivity contribution in [2.75, 3.05) is 11.6 Å². The van der Waals surface area contributed by atoms with Crippen molar-refractivity contribution < 1.29 is 18.7 Å². The summed E-state index contributed by atoms with van der Waals surface area (Å²) in [7, 11) is 0. The van der Waals surface area contributed by atoms with E-state index >= 15 is 4.39 Å². The molecule has 0 saturated heterocycles. The van der Waals surface area contributed by atoms with E-state index in [1.54, 1.807) is 10.7 Å². The predicted molar refractivity (Wildman–Crippen MR) is 130 cm³/mol. The Labute approximate surface area is 205 Å². The third-order valence-electron chi connectivity index (χ3n) is 7.71. The molecule has 2 aliphatic heterocycles. The predicted octanol–water partition coefficient (Wildman–Crippen LogP) is 5.31. The van der Waals surface area contributed by atoms with Gasteiger partial charge in [0, 0.05) is 35.0 Å². The zero-order valence-electron chi connectivity index (χ0n) is 19.0. The van der Waals surface area contributed by atoms with Crippen LogP contribution in [-0.2, 0) is 5.75 Å². The molecule has 6 rings (SSSR count). The number of aromatic hydroxyl groups is 1. The first-order valence-corrected chi connectivity index (χ1v) is 12.8. The molecule has 3 aliphatic rings. The van der Waals surface area contributed by atoms with Gasteiger partial charge in [-0.3, -0.25) is 19.3 Å². The lowest BCUT2D eigenvalue weighted by Gasteiger charge is -2.49. The molecular weight excluding hydrogens is 470 g/mol. The summed E-state index contributed by atoms with van der Waals surface area (Å²) in [6.07, 6.45) is 5.59. The summed E-state index contributed by atoms with van der Waals surface area (Å²) in [6, 6.07) is 11.2.